The third-order valence-corrected chi connectivity index (χ3v) is 3.80. The zero-order valence-electron chi connectivity index (χ0n) is 11.3. The van der Waals surface area contributed by atoms with Crippen molar-refractivity contribution in [1.29, 1.82) is 0 Å². The molecule has 1 atom stereocenters. The van der Waals surface area contributed by atoms with E-state index < -0.39 is 10.5 Å². The number of carbonyl (C=O) groups excluding carboxylic acids is 1. The Labute approximate surface area is 117 Å². The third-order valence-electron chi connectivity index (χ3n) is 3.41. The predicted molar refractivity (Wildman–Crippen MR) is 69.2 cm³/mol. The summed E-state index contributed by atoms with van der Waals surface area (Å²) >= 11 is 0. The van der Waals surface area contributed by atoms with Gasteiger partial charge in [-0.15, -0.1) is 0 Å². The summed E-state index contributed by atoms with van der Waals surface area (Å²) in [4.78, 5) is 17.5. The van der Waals surface area contributed by atoms with Gasteiger partial charge >= 0.3 is 10.5 Å². The lowest BCUT2D eigenvalue weighted by Crippen LogP contribution is -2.31. The highest BCUT2D eigenvalue weighted by Crippen LogP contribution is 2.48. The lowest BCUT2D eigenvalue weighted by molar-refractivity contribution is 0.0768. The molecule has 110 valence electrons. The van der Waals surface area contributed by atoms with Crippen LogP contribution < -0.4 is 4.18 Å². The first-order valence-electron chi connectivity index (χ1n) is 5.96. The number of aromatic nitrogens is 1. The molecule has 0 bridgehead atoms. The topological polar surface area (TPSA) is 76.6 Å². The summed E-state index contributed by atoms with van der Waals surface area (Å²) in [5.41, 5.74) is 0.227. The average molecular weight is 302 g/mol. The normalized spacial score (nSPS) is 20.3. The van der Waals surface area contributed by atoms with Crippen molar-refractivity contribution in [2.75, 3.05) is 7.05 Å². The first kappa shape index (κ1) is 14.7. The fourth-order valence-electron chi connectivity index (χ4n) is 2.14. The highest BCUT2D eigenvalue weighted by atomic mass is 32.3. The number of hydrogen-bond donors (Lipinski definition) is 0. The first-order chi connectivity index (χ1) is 9.10. The second-order valence-electron chi connectivity index (χ2n) is 5.51. The molecule has 0 radical (unpaired) electrons. The van der Waals surface area contributed by atoms with Gasteiger partial charge < -0.3 is 9.08 Å². The summed E-state index contributed by atoms with van der Waals surface area (Å²) in [5, 5.41) is 0. The highest BCUT2D eigenvalue weighted by molar-refractivity contribution is 7.81. The van der Waals surface area contributed by atoms with Gasteiger partial charge in [0.05, 0.1) is 11.8 Å². The van der Waals surface area contributed by atoms with Crippen LogP contribution in [0.25, 0.3) is 0 Å². The van der Waals surface area contributed by atoms with Gasteiger partial charge in [0, 0.05) is 19.3 Å². The van der Waals surface area contributed by atoms with Crippen LogP contribution in [-0.2, 0) is 10.5 Å². The molecule has 1 saturated carbocycles. The van der Waals surface area contributed by atoms with Gasteiger partial charge in [0.15, 0.2) is 5.75 Å². The standard InChI is InChI=1S/C12H15FN2O4S/c1-12(2)5-10(12)15(3)11(16)8-4-9(7-14-6-8)19-20(13,17)18/h4,6-7,10H,5H2,1-3H3. The Morgan fingerprint density at radius 2 is 2.10 bits per heavy atom. The van der Waals surface area contributed by atoms with Crippen LogP contribution in [-0.4, -0.2) is 37.3 Å². The number of nitrogens with zero attached hydrogens (tertiary/aromatic N) is 2. The van der Waals surface area contributed by atoms with Gasteiger partial charge in [-0.05, 0) is 17.9 Å². The molecular weight excluding hydrogens is 287 g/mol. The average Bonchev–Trinajstić information content (AvgIpc) is 2.94. The number of pyridine rings is 1. The van der Waals surface area contributed by atoms with Crippen molar-refractivity contribution in [2.45, 2.75) is 26.3 Å². The second kappa shape index (κ2) is 4.69. The Morgan fingerprint density at radius 1 is 1.50 bits per heavy atom. The van der Waals surface area contributed by atoms with Crippen LogP contribution in [0.3, 0.4) is 0 Å². The second-order valence-corrected chi connectivity index (χ2v) is 6.46. The van der Waals surface area contributed by atoms with Gasteiger partial charge in [-0.2, -0.15) is 8.42 Å². The van der Waals surface area contributed by atoms with Crippen LogP contribution in [0, 0.1) is 5.41 Å². The van der Waals surface area contributed by atoms with Crippen molar-refractivity contribution in [1.82, 2.24) is 9.88 Å². The van der Waals surface area contributed by atoms with Crippen molar-refractivity contribution < 1.29 is 21.3 Å². The summed E-state index contributed by atoms with van der Waals surface area (Å²) in [7, 11) is -3.46. The molecule has 0 saturated heterocycles. The van der Waals surface area contributed by atoms with Crippen molar-refractivity contribution in [3.05, 3.63) is 24.0 Å². The van der Waals surface area contributed by atoms with E-state index in [1.807, 2.05) is 0 Å². The summed E-state index contributed by atoms with van der Waals surface area (Å²) < 4.78 is 37.3. The molecule has 1 fully saturated rings. The smallest absolute Gasteiger partial charge is 0.357 e. The Morgan fingerprint density at radius 3 is 2.60 bits per heavy atom. The van der Waals surface area contributed by atoms with E-state index in [4.69, 9.17) is 0 Å². The molecule has 1 heterocycles. The number of hydrogen-bond acceptors (Lipinski definition) is 5. The fraction of sp³-hybridized carbons (Fsp3) is 0.500. The molecular formula is C12H15FN2O4S. The van der Waals surface area contributed by atoms with E-state index >= 15 is 0 Å². The summed E-state index contributed by atoms with van der Waals surface area (Å²) in [6.07, 6.45) is 3.21. The Hall–Kier alpha value is -1.70. The zero-order valence-corrected chi connectivity index (χ0v) is 12.1. The summed E-state index contributed by atoms with van der Waals surface area (Å²) in [6, 6.07) is 1.28. The molecule has 0 spiro atoms. The number of rotatable bonds is 4. The number of halogens is 1. The summed E-state index contributed by atoms with van der Waals surface area (Å²) in [6.45, 7) is 4.10. The molecule has 0 aromatic carbocycles. The van der Waals surface area contributed by atoms with Crippen LogP contribution >= 0.6 is 0 Å². The Kier molecular flexibility index (Phi) is 3.45. The lowest BCUT2D eigenvalue weighted by atomic mass is 10.1. The van der Waals surface area contributed by atoms with E-state index in [9.17, 15) is 17.1 Å². The fourth-order valence-corrected chi connectivity index (χ4v) is 2.46. The molecule has 0 N–H and O–H groups in total. The molecule has 20 heavy (non-hydrogen) atoms. The largest absolute Gasteiger partial charge is 0.488 e. The maximum Gasteiger partial charge on any atom is 0.488 e. The predicted octanol–water partition coefficient (Wildman–Crippen LogP) is 1.55. The van der Waals surface area contributed by atoms with Crippen LogP contribution in [0.15, 0.2) is 18.5 Å². The third kappa shape index (κ3) is 3.24. The molecule has 0 aliphatic heterocycles. The van der Waals surface area contributed by atoms with E-state index in [0.717, 1.165) is 18.7 Å². The van der Waals surface area contributed by atoms with E-state index in [2.05, 4.69) is 23.0 Å². The maximum absolute atomic E-state index is 12.4. The van der Waals surface area contributed by atoms with E-state index in [-0.39, 0.29) is 28.7 Å². The van der Waals surface area contributed by atoms with Crippen LogP contribution in [0.4, 0.5) is 3.89 Å². The molecule has 6 nitrogen and oxygen atoms in total. The van der Waals surface area contributed by atoms with Crippen molar-refractivity contribution >= 4 is 16.4 Å². The molecule has 1 aromatic heterocycles. The van der Waals surface area contributed by atoms with Crippen LogP contribution in [0.5, 0.6) is 5.75 Å². The minimum Gasteiger partial charge on any atom is -0.357 e. The van der Waals surface area contributed by atoms with Gasteiger partial charge in [0.2, 0.25) is 0 Å². The van der Waals surface area contributed by atoms with Gasteiger partial charge in [-0.3, -0.25) is 9.78 Å². The Balaban J connectivity index is 2.17. The SMILES string of the molecule is CN(C(=O)c1cncc(OS(=O)(=O)F)c1)C1CC1(C)C. The van der Waals surface area contributed by atoms with Crippen LogP contribution in [0.1, 0.15) is 30.6 Å². The van der Waals surface area contributed by atoms with Crippen LogP contribution in [0.2, 0.25) is 0 Å². The first-order valence-corrected chi connectivity index (χ1v) is 7.27. The van der Waals surface area contributed by atoms with Gasteiger partial charge in [-0.25, -0.2) is 0 Å². The van der Waals surface area contributed by atoms with Gasteiger partial charge in [-0.1, -0.05) is 17.7 Å². The molecule has 1 aliphatic rings. The molecule has 1 amide bonds. The van der Waals surface area contributed by atoms with Crippen molar-refractivity contribution in [3.8, 4) is 5.75 Å². The maximum atomic E-state index is 12.4. The minimum absolute atomic E-state index is 0.0776. The zero-order chi connectivity index (χ0) is 15.1. The number of amides is 1. The molecule has 8 heteroatoms. The van der Waals surface area contributed by atoms with Gasteiger partial charge in [0.1, 0.15) is 0 Å². The quantitative estimate of drug-likeness (QED) is 0.789. The van der Waals surface area contributed by atoms with Gasteiger partial charge in [0.25, 0.3) is 5.91 Å². The van der Waals surface area contributed by atoms with Crippen molar-refractivity contribution in [3.63, 3.8) is 0 Å². The Bertz CT molecular complexity index is 645. The van der Waals surface area contributed by atoms with E-state index in [1.54, 1.807) is 11.9 Å². The number of carbonyl (C=O) groups is 1. The van der Waals surface area contributed by atoms with Crippen molar-refractivity contribution in [2.24, 2.45) is 5.41 Å². The molecule has 2 rings (SSSR count). The summed E-state index contributed by atoms with van der Waals surface area (Å²) in [5.74, 6) is -0.642. The molecule has 1 unspecified atom stereocenters. The van der Waals surface area contributed by atoms with E-state index in [1.165, 1.54) is 6.20 Å². The van der Waals surface area contributed by atoms with E-state index in [0.29, 0.717) is 0 Å². The molecule has 1 aliphatic carbocycles. The monoisotopic (exact) mass is 302 g/mol. The molecule has 1 aromatic rings. The minimum atomic E-state index is -5.13. The lowest BCUT2D eigenvalue weighted by Gasteiger charge is -2.19. The highest BCUT2D eigenvalue weighted by Gasteiger charge is 2.49.